The fraction of sp³-hybridized carbons (Fsp3) is 0.455. The van der Waals surface area contributed by atoms with Gasteiger partial charge < -0.3 is 15.2 Å². The van der Waals surface area contributed by atoms with Crippen LogP contribution in [0.15, 0.2) is 24.5 Å². The van der Waals surface area contributed by atoms with Crippen molar-refractivity contribution in [3.63, 3.8) is 0 Å². The molecule has 0 saturated carbocycles. The summed E-state index contributed by atoms with van der Waals surface area (Å²) in [4.78, 5) is 15.0. The van der Waals surface area contributed by atoms with E-state index in [1.54, 1.807) is 12.4 Å². The van der Waals surface area contributed by atoms with Crippen LogP contribution in [0.1, 0.15) is 12.5 Å². The zero-order valence-corrected chi connectivity index (χ0v) is 9.43. The number of rotatable bonds is 5. The number of esters is 1. The van der Waals surface area contributed by atoms with Gasteiger partial charge in [0.1, 0.15) is 0 Å². The molecule has 1 heterocycles. The third-order valence-corrected chi connectivity index (χ3v) is 2.17. The van der Waals surface area contributed by atoms with Crippen molar-refractivity contribution in [1.29, 1.82) is 0 Å². The highest BCUT2D eigenvalue weighted by molar-refractivity contribution is 5.78. The molecule has 0 spiro atoms. The SMILES string of the molecule is COC(=O)C(C)(O)CNCc1ccncc1. The maximum absolute atomic E-state index is 11.2. The number of carbonyl (C=O) groups excluding carboxylic acids is 1. The first kappa shape index (κ1) is 12.6. The van der Waals surface area contributed by atoms with Gasteiger partial charge in [0, 0.05) is 25.5 Å². The van der Waals surface area contributed by atoms with Gasteiger partial charge >= 0.3 is 5.97 Å². The monoisotopic (exact) mass is 224 g/mol. The van der Waals surface area contributed by atoms with Crippen LogP contribution in [0, 0.1) is 0 Å². The van der Waals surface area contributed by atoms with Gasteiger partial charge in [-0.2, -0.15) is 0 Å². The van der Waals surface area contributed by atoms with Crippen LogP contribution in [-0.2, 0) is 16.1 Å². The zero-order chi connectivity index (χ0) is 12.0. The highest BCUT2D eigenvalue weighted by Gasteiger charge is 2.30. The topological polar surface area (TPSA) is 71.5 Å². The molecular formula is C11H16N2O3. The summed E-state index contributed by atoms with van der Waals surface area (Å²) in [7, 11) is 1.25. The van der Waals surface area contributed by atoms with E-state index in [-0.39, 0.29) is 6.54 Å². The van der Waals surface area contributed by atoms with Crippen molar-refractivity contribution in [3.05, 3.63) is 30.1 Å². The number of aliphatic hydroxyl groups is 1. The van der Waals surface area contributed by atoms with E-state index in [9.17, 15) is 9.90 Å². The van der Waals surface area contributed by atoms with Gasteiger partial charge in [-0.15, -0.1) is 0 Å². The molecule has 16 heavy (non-hydrogen) atoms. The van der Waals surface area contributed by atoms with E-state index in [1.165, 1.54) is 14.0 Å². The molecule has 0 aliphatic rings. The van der Waals surface area contributed by atoms with E-state index in [0.29, 0.717) is 6.54 Å². The summed E-state index contributed by atoms with van der Waals surface area (Å²) in [6.07, 6.45) is 3.38. The number of aromatic nitrogens is 1. The molecule has 0 saturated heterocycles. The number of ether oxygens (including phenoxy) is 1. The Morgan fingerprint density at radius 1 is 1.56 bits per heavy atom. The van der Waals surface area contributed by atoms with E-state index in [1.807, 2.05) is 12.1 Å². The van der Waals surface area contributed by atoms with E-state index in [4.69, 9.17) is 0 Å². The summed E-state index contributed by atoms with van der Waals surface area (Å²) in [6.45, 7) is 2.12. The minimum absolute atomic E-state index is 0.141. The molecule has 0 amide bonds. The Morgan fingerprint density at radius 3 is 2.75 bits per heavy atom. The smallest absolute Gasteiger partial charge is 0.338 e. The average Bonchev–Trinajstić information content (AvgIpc) is 2.29. The van der Waals surface area contributed by atoms with Crippen LogP contribution in [0.2, 0.25) is 0 Å². The molecule has 5 nitrogen and oxygen atoms in total. The minimum Gasteiger partial charge on any atom is -0.467 e. The van der Waals surface area contributed by atoms with Crippen molar-refractivity contribution in [2.75, 3.05) is 13.7 Å². The zero-order valence-electron chi connectivity index (χ0n) is 9.43. The van der Waals surface area contributed by atoms with E-state index < -0.39 is 11.6 Å². The van der Waals surface area contributed by atoms with E-state index >= 15 is 0 Å². The van der Waals surface area contributed by atoms with Crippen molar-refractivity contribution in [3.8, 4) is 0 Å². The van der Waals surface area contributed by atoms with Gasteiger partial charge in [-0.1, -0.05) is 0 Å². The first-order valence-corrected chi connectivity index (χ1v) is 4.96. The number of pyridine rings is 1. The molecule has 1 atom stereocenters. The normalized spacial score (nSPS) is 14.2. The fourth-order valence-electron chi connectivity index (χ4n) is 1.24. The van der Waals surface area contributed by atoms with Gasteiger partial charge in [-0.05, 0) is 24.6 Å². The third-order valence-electron chi connectivity index (χ3n) is 2.17. The number of carbonyl (C=O) groups is 1. The van der Waals surface area contributed by atoms with Crippen molar-refractivity contribution in [1.82, 2.24) is 10.3 Å². The number of hydrogen-bond donors (Lipinski definition) is 2. The molecule has 0 aliphatic carbocycles. The molecule has 0 radical (unpaired) electrons. The largest absolute Gasteiger partial charge is 0.467 e. The predicted molar refractivity (Wildman–Crippen MR) is 58.6 cm³/mol. The standard InChI is InChI=1S/C11H16N2O3/c1-11(15,10(14)16-2)8-13-7-9-3-5-12-6-4-9/h3-6,13,15H,7-8H2,1-2H3. The van der Waals surface area contributed by atoms with Gasteiger partial charge in [0.05, 0.1) is 7.11 Å². The maximum atomic E-state index is 11.2. The van der Waals surface area contributed by atoms with Crippen LogP contribution in [0.4, 0.5) is 0 Å². The van der Waals surface area contributed by atoms with Gasteiger partial charge in [-0.3, -0.25) is 4.98 Å². The van der Waals surface area contributed by atoms with Crippen molar-refractivity contribution < 1.29 is 14.6 Å². The lowest BCUT2D eigenvalue weighted by Gasteiger charge is -2.20. The Bertz CT molecular complexity index is 338. The molecule has 0 aliphatic heterocycles. The van der Waals surface area contributed by atoms with Crippen LogP contribution >= 0.6 is 0 Å². The van der Waals surface area contributed by atoms with Crippen LogP contribution < -0.4 is 5.32 Å². The van der Waals surface area contributed by atoms with Gasteiger partial charge in [0.2, 0.25) is 0 Å². The highest BCUT2D eigenvalue weighted by Crippen LogP contribution is 2.04. The fourth-order valence-corrected chi connectivity index (χ4v) is 1.24. The number of methoxy groups -OCH3 is 1. The molecule has 0 bridgehead atoms. The van der Waals surface area contributed by atoms with Gasteiger partial charge in [-0.25, -0.2) is 4.79 Å². The van der Waals surface area contributed by atoms with Crippen LogP contribution in [0.5, 0.6) is 0 Å². The van der Waals surface area contributed by atoms with Crippen LogP contribution in [0.3, 0.4) is 0 Å². The van der Waals surface area contributed by atoms with Crippen LogP contribution in [0.25, 0.3) is 0 Å². The molecule has 5 heteroatoms. The second kappa shape index (κ2) is 5.58. The summed E-state index contributed by atoms with van der Waals surface area (Å²) in [6, 6.07) is 3.72. The summed E-state index contributed by atoms with van der Waals surface area (Å²) in [5, 5.41) is 12.7. The molecule has 1 aromatic heterocycles. The molecule has 0 aromatic carbocycles. The molecule has 2 N–H and O–H groups in total. The highest BCUT2D eigenvalue weighted by atomic mass is 16.5. The molecule has 0 fully saturated rings. The average molecular weight is 224 g/mol. The van der Waals surface area contributed by atoms with Crippen molar-refractivity contribution >= 4 is 5.97 Å². The van der Waals surface area contributed by atoms with Crippen molar-refractivity contribution in [2.45, 2.75) is 19.1 Å². The Labute approximate surface area is 94.5 Å². The molecule has 1 rings (SSSR count). The minimum atomic E-state index is -1.50. The first-order chi connectivity index (χ1) is 7.56. The lowest BCUT2D eigenvalue weighted by molar-refractivity contribution is -0.159. The molecule has 1 unspecified atom stereocenters. The lowest BCUT2D eigenvalue weighted by Crippen LogP contribution is -2.45. The van der Waals surface area contributed by atoms with E-state index in [0.717, 1.165) is 5.56 Å². The Kier molecular flexibility index (Phi) is 4.39. The number of hydrogen-bond acceptors (Lipinski definition) is 5. The summed E-state index contributed by atoms with van der Waals surface area (Å²) >= 11 is 0. The lowest BCUT2D eigenvalue weighted by atomic mass is 10.1. The Balaban J connectivity index is 2.38. The quantitative estimate of drug-likeness (QED) is 0.694. The Hall–Kier alpha value is -1.46. The van der Waals surface area contributed by atoms with Crippen molar-refractivity contribution in [2.24, 2.45) is 0 Å². The summed E-state index contributed by atoms with van der Waals surface area (Å²) in [5.74, 6) is -0.644. The molecular weight excluding hydrogens is 208 g/mol. The Morgan fingerprint density at radius 2 is 2.19 bits per heavy atom. The predicted octanol–water partition coefficient (Wildman–Crippen LogP) is 0.0952. The second-order valence-electron chi connectivity index (χ2n) is 3.72. The number of nitrogens with one attached hydrogen (secondary N) is 1. The van der Waals surface area contributed by atoms with E-state index in [2.05, 4.69) is 15.0 Å². The molecule has 1 aromatic rings. The van der Waals surface area contributed by atoms with Gasteiger partial charge in [0.15, 0.2) is 5.60 Å². The second-order valence-corrected chi connectivity index (χ2v) is 3.72. The first-order valence-electron chi connectivity index (χ1n) is 4.96. The molecule has 88 valence electrons. The summed E-state index contributed by atoms with van der Waals surface area (Å²) in [5.41, 5.74) is -0.461. The maximum Gasteiger partial charge on any atom is 0.338 e. The van der Waals surface area contributed by atoms with Crippen LogP contribution in [-0.4, -0.2) is 35.3 Å². The number of nitrogens with zero attached hydrogens (tertiary/aromatic N) is 1. The van der Waals surface area contributed by atoms with Gasteiger partial charge in [0.25, 0.3) is 0 Å². The summed E-state index contributed by atoms with van der Waals surface area (Å²) < 4.78 is 4.48. The third kappa shape index (κ3) is 3.60.